The van der Waals surface area contributed by atoms with E-state index in [1.54, 1.807) is 30.1 Å². The van der Waals surface area contributed by atoms with Crippen LogP contribution in [-0.2, 0) is 11.3 Å². The number of carbonyl (C=O) groups excluding carboxylic acids is 1. The minimum Gasteiger partial charge on any atom is -0.340 e. The smallest absolute Gasteiger partial charge is 0.236 e. The molecule has 1 aromatic carbocycles. The van der Waals surface area contributed by atoms with Crippen LogP contribution in [0.15, 0.2) is 24.3 Å². The highest BCUT2D eigenvalue weighted by atomic mass is 19.1. The molecule has 5 heteroatoms. The van der Waals surface area contributed by atoms with Gasteiger partial charge in [0.05, 0.1) is 6.54 Å². The molecular formula is C16H24FN3O. The highest BCUT2D eigenvalue weighted by molar-refractivity contribution is 5.78. The Morgan fingerprint density at radius 1 is 1.38 bits per heavy atom. The molecule has 1 aliphatic rings. The number of hydrogen-bond acceptors (Lipinski definition) is 3. The summed E-state index contributed by atoms with van der Waals surface area (Å²) in [5.41, 5.74) is 0.558. The van der Waals surface area contributed by atoms with Gasteiger partial charge in [-0.25, -0.2) is 4.39 Å². The Hall–Kier alpha value is -1.46. The van der Waals surface area contributed by atoms with E-state index in [2.05, 4.69) is 10.2 Å². The molecular weight excluding hydrogens is 269 g/mol. The maximum atomic E-state index is 13.6. The van der Waals surface area contributed by atoms with E-state index in [1.807, 2.05) is 7.05 Å². The van der Waals surface area contributed by atoms with Gasteiger partial charge in [0.2, 0.25) is 5.91 Å². The molecule has 21 heavy (non-hydrogen) atoms. The van der Waals surface area contributed by atoms with Crippen LogP contribution in [0.4, 0.5) is 4.39 Å². The molecule has 116 valence electrons. The minimum atomic E-state index is -0.257. The molecule has 0 aliphatic carbocycles. The Morgan fingerprint density at radius 2 is 2.05 bits per heavy atom. The molecule has 0 unspecified atom stereocenters. The van der Waals surface area contributed by atoms with Gasteiger partial charge in [0.25, 0.3) is 0 Å². The van der Waals surface area contributed by atoms with Gasteiger partial charge >= 0.3 is 0 Å². The molecule has 1 aromatic rings. The van der Waals surface area contributed by atoms with E-state index in [4.69, 9.17) is 0 Å². The number of nitrogens with one attached hydrogen (secondary N) is 1. The van der Waals surface area contributed by atoms with Gasteiger partial charge in [-0.05, 0) is 26.0 Å². The van der Waals surface area contributed by atoms with Crippen LogP contribution < -0.4 is 5.32 Å². The van der Waals surface area contributed by atoms with Crippen molar-refractivity contribution in [1.82, 2.24) is 15.1 Å². The molecule has 1 aliphatic heterocycles. The standard InChI is InChI=1S/C16H24FN3O/c1-18-14-7-9-20(10-8-14)12-16(21)19(2)11-13-5-3-4-6-15(13)17/h3-6,14,18H,7-12H2,1-2H3. The minimum absolute atomic E-state index is 0.0427. The fraction of sp³-hybridized carbons (Fsp3) is 0.562. The third-order valence-corrected chi connectivity index (χ3v) is 4.15. The molecule has 1 saturated heterocycles. The SMILES string of the molecule is CNC1CCN(CC(=O)N(C)Cc2ccccc2F)CC1. The molecule has 2 rings (SSSR count). The van der Waals surface area contributed by atoms with Gasteiger partial charge in [-0.3, -0.25) is 9.69 Å². The summed E-state index contributed by atoms with van der Waals surface area (Å²) in [5.74, 6) is -0.215. The van der Waals surface area contributed by atoms with Crippen molar-refractivity contribution < 1.29 is 9.18 Å². The summed E-state index contributed by atoms with van der Waals surface area (Å²) in [6, 6.07) is 7.16. The summed E-state index contributed by atoms with van der Waals surface area (Å²) in [6.45, 7) is 2.61. The second kappa shape index (κ2) is 7.52. The molecule has 0 aromatic heterocycles. The number of likely N-dealkylation sites (N-methyl/N-ethyl adjacent to an activating group) is 1. The third kappa shape index (κ3) is 4.51. The van der Waals surface area contributed by atoms with E-state index in [0.717, 1.165) is 25.9 Å². The molecule has 1 heterocycles. The second-order valence-electron chi connectivity index (χ2n) is 5.68. The lowest BCUT2D eigenvalue weighted by Crippen LogP contribution is -2.45. The Kier molecular flexibility index (Phi) is 5.70. The number of rotatable bonds is 5. The van der Waals surface area contributed by atoms with Crippen molar-refractivity contribution in [2.75, 3.05) is 33.7 Å². The van der Waals surface area contributed by atoms with Crippen LogP contribution in [-0.4, -0.2) is 55.5 Å². The number of nitrogens with zero attached hydrogens (tertiary/aromatic N) is 2. The summed E-state index contributed by atoms with van der Waals surface area (Å²) in [7, 11) is 3.71. The summed E-state index contributed by atoms with van der Waals surface area (Å²) in [5, 5.41) is 3.28. The highest BCUT2D eigenvalue weighted by Crippen LogP contribution is 2.12. The van der Waals surface area contributed by atoms with Crippen LogP contribution in [0, 0.1) is 5.82 Å². The average Bonchev–Trinajstić information content (AvgIpc) is 2.50. The molecule has 0 spiro atoms. The van der Waals surface area contributed by atoms with E-state index in [0.29, 0.717) is 24.7 Å². The van der Waals surface area contributed by atoms with E-state index < -0.39 is 0 Å². The molecule has 0 radical (unpaired) electrons. The quantitative estimate of drug-likeness (QED) is 0.893. The Labute approximate surface area is 125 Å². The lowest BCUT2D eigenvalue weighted by atomic mass is 10.1. The Balaban J connectivity index is 1.82. The van der Waals surface area contributed by atoms with Crippen molar-refractivity contribution in [3.05, 3.63) is 35.6 Å². The van der Waals surface area contributed by atoms with Crippen molar-refractivity contribution in [2.45, 2.75) is 25.4 Å². The van der Waals surface area contributed by atoms with E-state index in [-0.39, 0.29) is 11.7 Å². The number of hydrogen-bond donors (Lipinski definition) is 1. The van der Waals surface area contributed by atoms with Crippen LogP contribution in [0.1, 0.15) is 18.4 Å². The predicted octanol–water partition coefficient (Wildman–Crippen LogP) is 1.47. The van der Waals surface area contributed by atoms with Gasteiger partial charge in [0.15, 0.2) is 0 Å². The largest absolute Gasteiger partial charge is 0.340 e. The van der Waals surface area contributed by atoms with Crippen LogP contribution in [0.5, 0.6) is 0 Å². The van der Waals surface area contributed by atoms with Gasteiger partial charge in [-0.15, -0.1) is 0 Å². The number of likely N-dealkylation sites (tertiary alicyclic amines) is 1. The summed E-state index contributed by atoms with van der Waals surface area (Å²) in [6.07, 6.45) is 2.14. The lowest BCUT2D eigenvalue weighted by molar-refractivity contribution is -0.132. The van der Waals surface area contributed by atoms with Crippen molar-refractivity contribution in [1.29, 1.82) is 0 Å². The highest BCUT2D eigenvalue weighted by Gasteiger charge is 2.21. The maximum Gasteiger partial charge on any atom is 0.236 e. The molecule has 1 N–H and O–H groups in total. The summed E-state index contributed by atoms with van der Waals surface area (Å²) in [4.78, 5) is 16.0. The van der Waals surface area contributed by atoms with Crippen LogP contribution in [0.25, 0.3) is 0 Å². The van der Waals surface area contributed by atoms with Gasteiger partial charge < -0.3 is 10.2 Å². The van der Waals surface area contributed by atoms with Crippen molar-refractivity contribution in [3.8, 4) is 0 Å². The zero-order valence-electron chi connectivity index (χ0n) is 12.8. The predicted molar refractivity (Wildman–Crippen MR) is 81.4 cm³/mol. The first-order valence-corrected chi connectivity index (χ1v) is 7.47. The Bertz CT molecular complexity index is 472. The van der Waals surface area contributed by atoms with Crippen molar-refractivity contribution >= 4 is 5.91 Å². The number of benzene rings is 1. The maximum absolute atomic E-state index is 13.6. The first kappa shape index (κ1) is 15.9. The zero-order chi connectivity index (χ0) is 15.2. The van der Waals surface area contributed by atoms with Crippen LogP contribution in [0.2, 0.25) is 0 Å². The molecule has 1 fully saturated rings. The normalized spacial score (nSPS) is 16.9. The van der Waals surface area contributed by atoms with E-state index >= 15 is 0 Å². The van der Waals surface area contributed by atoms with Gasteiger partial charge in [0.1, 0.15) is 5.82 Å². The topological polar surface area (TPSA) is 35.6 Å². The zero-order valence-corrected chi connectivity index (χ0v) is 12.8. The molecule has 0 bridgehead atoms. The van der Waals surface area contributed by atoms with E-state index in [1.165, 1.54) is 6.07 Å². The molecule has 0 atom stereocenters. The average molecular weight is 293 g/mol. The van der Waals surface area contributed by atoms with Gasteiger partial charge in [-0.1, -0.05) is 18.2 Å². The Morgan fingerprint density at radius 3 is 2.67 bits per heavy atom. The fourth-order valence-corrected chi connectivity index (χ4v) is 2.66. The van der Waals surface area contributed by atoms with Crippen LogP contribution >= 0.6 is 0 Å². The van der Waals surface area contributed by atoms with Gasteiger partial charge in [0, 0.05) is 38.3 Å². The van der Waals surface area contributed by atoms with Crippen molar-refractivity contribution in [3.63, 3.8) is 0 Å². The lowest BCUT2D eigenvalue weighted by Gasteiger charge is -2.32. The fourth-order valence-electron chi connectivity index (χ4n) is 2.66. The van der Waals surface area contributed by atoms with E-state index in [9.17, 15) is 9.18 Å². The molecule has 0 saturated carbocycles. The monoisotopic (exact) mass is 293 g/mol. The van der Waals surface area contributed by atoms with Gasteiger partial charge in [-0.2, -0.15) is 0 Å². The second-order valence-corrected chi connectivity index (χ2v) is 5.68. The number of piperidine rings is 1. The summed E-state index contributed by atoms with van der Waals surface area (Å²) < 4.78 is 13.6. The first-order chi connectivity index (χ1) is 10.1. The third-order valence-electron chi connectivity index (χ3n) is 4.15. The van der Waals surface area contributed by atoms with Crippen LogP contribution in [0.3, 0.4) is 0 Å². The summed E-state index contributed by atoms with van der Waals surface area (Å²) >= 11 is 0. The molecule has 1 amide bonds. The molecule has 4 nitrogen and oxygen atoms in total. The number of halogens is 1. The number of amides is 1. The number of carbonyl (C=O) groups is 1. The first-order valence-electron chi connectivity index (χ1n) is 7.47. The van der Waals surface area contributed by atoms with Crippen molar-refractivity contribution in [2.24, 2.45) is 0 Å².